The van der Waals surface area contributed by atoms with Gasteiger partial charge in [0.05, 0.1) is 7.11 Å². The maximum atomic E-state index is 13.5. The molecular weight excluding hydrogens is 452 g/mol. The lowest BCUT2D eigenvalue weighted by Crippen LogP contribution is -2.58. The second-order valence-corrected chi connectivity index (χ2v) is 11.5. The Bertz CT molecular complexity index is 642. The molecule has 1 atom stereocenters. The third kappa shape index (κ3) is 10.5. The second kappa shape index (κ2) is 18.7. The molecular formula is C31H56O5. The first-order valence-electron chi connectivity index (χ1n) is 14.7. The topological polar surface area (TPSA) is 77.5 Å². The molecule has 0 N–H and O–H groups in total. The van der Waals surface area contributed by atoms with E-state index < -0.39 is 40.7 Å². The first kappa shape index (κ1) is 34.5. The molecule has 210 valence electrons. The van der Waals surface area contributed by atoms with Crippen LogP contribution >= 0.6 is 0 Å². The van der Waals surface area contributed by atoms with Crippen molar-refractivity contribution in [1.82, 2.24) is 0 Å². The Hall–Kier alpha value is -1.52. The van der Waals surface area contributed by atoms with Gasteiger partial charge >= 0.3 is 5.97 Å². The molecule has 0 radical (unpaired) electrons. The highest BCUT2D eigenvalue weighted by Crippen LogP contribution is 2.41. The van der Waals surface area contributed by atoms with Gasteiger partial charge in [0.1, 0.15) is 5.78 Å². The van der Waals surface area contributed by atoms with E-state index in [0.29, 0.717) is 12.8 Å². The molecule has 0 fully saturated rings. The van der Waals surface area contributed by atoms with Gasteiger partial charge in [0.25, 0.3) is 0 Å². The monoisotopic (exact) mass is 508 g/mol. The molecule has 36 heavy (non-hydrogen) atoms. The lowest BCUT2D eigenvalue weighted by molar-refractivity contribution is -0.172. The van der Waals surface area contributed by atoms with E-state index in [4.69, 9.17) is 4.74 Å². The Morgan fingerprint density at radius 3 is 1.25 bits per heavy atom. The van der Waals surface area contributed by atoms with E-state index in [0.717, 1.165) is 19.3 Å². The number of esters is 1. The first-order chi connectivity index (χ1) is 17.0. The lowest BCUT2D eigenvalue weighted by atomic mass is 9.60. The van der Waals surface area contributed by atoms with E-state index in [1.165, 1.54) is 64.9 Å². The minimum atomic E-state index is -2.06. The van der Waals surface area contributed by atoms with Crippen LogP contribution in [0.4, 0.5) is 0 Å². The number of ketones is 3. The molecule has 0 aliphatic heterocycles. The number of hydrogen-bond donors (Lipinski definition) is 0. The molecule has 1 unspecified atom stereocenters. The summed E-state index contributed by atoms with van der Waals surface area (Å²) in [5, 5.41) is 0. The van der Waals surface area contributed by atoms with Crippen molar-refractivity contribution >= 4 is 23.3 Å². The Morgan fingerprint density at radius 2 is 0.944 bits per heavy atom. The summed E-state index contributed by atoms with van der Waals surface area (Å²) in [6.45, 7) is 12.5. The van der Waals surface area contributed by atoms with Crippen molar-refractivity contribution in [1.29, 1.82) is 0 Å². The van der Waals surface area contributed by atoms with E-state index in [2.05, 4.69) is 6.92 Å². The van der Waals surface area contributed by atoms with Gasteiger partial charge in [0.2, 0.25) is 0 Å². The number of carbonyl (C=O) groups is 4. The number of hydrogen-bond acceptors (Lipinski definition) is 5. The highest BCUT2D eigenvalue weighted by Gasteiger charge is 2.61. The fraction of sp³-hybridized carbons (Fsp3) is 0.871. The molecule has 0 aliphatic rings. The lowest BCUT2D eigenvalue weighted by Gasteiger charge is -2.38. The normalized spacial score (nSPS) is 12.9. The van der Waals surface area contributed by atoms with Gasteiger partial charge in [-0.3, -0.25) is 19.2 Å². The van der Waals surface area contributed by atoms with Crippen LogP contribution in [0.5, 0.6) is 0 Å². The summed E-state index contributed by atoms with van der Waals surface area (Å²) in [5.41, 5.74) is -2.06. The molecule has 0 aromatic heterocycles. The van der Waals surface area contributed by atoms with Gasteiger partial charge in [0.15, 0.2) is 17.0 Å². The van der Waals surface area contributed by atoms with E-state index >= 15 is 0 Å². The van der Waals surface area contributed by atoms with E-state index in [1.54, 1.807) is 41.5 Å². The van der Waals surface area contributed by atoms with Gasteiger partial charge in [-0.15, -0.1) is 0 Å². The van der Waals surface area contributed by atoms with Crippen LogP contribution in [0, 0.1) is 29.1 Å². The Balaban J connectivity index is 5.21. The highest BCUT2D eigenvalue weighted by molar-refractivity contribution is 6.25. The third-order valence-corrected chi connectivity index (χ3v) is 7.36. The van der Waals surface area contributed by atoms with Crippen LogP contribution in [0.2, 0.25) is 0 Å². The molecule has 0 saturated carbocycles. The largest absolute Gasteiger partial charge is 0.468 e. The van der Waals surface area contributed by atoms with Crippen molar-refractivity contribution in [3.8, 4) is 0 Å². The molecule has 0 heterocycles. The Labute approximate surface area is 221 Å². The fourth-order valence-electron chi connectivity index (χ4n) is 5.22. The quantitative estimate of drug-likeness (QED) is 0.0843. The number of carbonyl (C=O) groups excluding carboxylic acids is 4. The number of methoxy groups -OCH3 is 1. The zero-order valence-corrected chi connectivity index (χ0v) is 24.8. The van der Waals surface area contributed by atoms with E-state index in [-0.39, 0.29) is 11.7 Å². The van der Waals surface area contributed by atoms with Crippen LogP contribution in [-0.2, 0) is 23.9 Å². The summed E-state index contributed by atoms with van der Waals surface area (Å²) in [4.78, 5) is 53.7. The van der Waals surface area contributed by atoms with Gasteiger partial charge < -0.3 is 4.74 Å². The van der Waals surface area contributed by atoms with Gasteiger partial charge in [-0.1, -0.05) is 132 Å². The minimum Gasteiger partial charge on any atom is -0.468 e. The number of unbranched alkanes of at least 4 members (excludes halogenated alkanes) is 12. The van der Waals surface area contributed by atoms with Gasteiger partial charge in [0, 0.05) is 23.7 Å². The van der Waals surface area contributed by atoms with Crippen LogP contribution in [0.15, 0.2) is 0 Å². The summed E-state index contributed by atoms with van der Waals surface area (Å²) >= 11 is 0. The smallest absolute Gasteiger partial charge is 0.327 e. The van der Waals surface area contributed by atoms with Crippen molar-refractivity contribution in [2.75, 3.05) is 7.11 Å². The van der Waals surface area contributed by atoms with Crippen LogP contribution in [0.3, 0.4) is 0 Å². The molecule has 0 aromatic carbocycles. The summed E-state index contributed by atoms with van der Waals surface area (Å²) in [6.07, 6.45) is 16.0. The molecule has 5 heteroatoms. The summed E-state index contributed by atoms with van der Waals surface area (Å²) in [7, 11) is 1.19. The Morgan fingerprint density at radius 1 is 0.583 bits per heavy atom. The van der Waals surface area contributed by atoms with Crippen LogP contribution in [-0.4, -0.2) is 30.4 Å². The van der Waals surface area contributed by atoms with Crippen molar-refractivity contribution in [2.24, 2.45) is 29.1 Å². The SMILES string of the molecule is CCCCCCCCCCCCCCCC(C(=O)C(C)C)C(C(=O)OC)(C(=O)C(C)C)C(=O)C(C)C. The highest BCUT2D eigenvalue weighted by atomic mass is 16.5. The van der Waals surface area contributed by atoms with Crippen LogP contribution in [0.25, 0.3) is 0 Å². The third-order valence-electron chi connectivity index (χ3n) is 7.36. The fourth-order valence-corrected chi connectivity index (χ4v) is 5.22. The van der Waals surface area contributed by atoms with Crippen molar-refractivity contribution < 1.29 is 23.9 Å². The second-order valence-electron chi connectivity index (χ2n) is 11.5. The van der Waals surface area contributed by atoms with Gasteiger partial charge in [-0.25, -0.2) is 0 Å². The zero-order chi connectivity index (χ0) is 27.7. The molecule has 0 bridgehead atoms. The molecule has 0 rings (SSSR count). The molecule has 5 nitrogen and oxygen atoms in total. The van der Waals surface area contributed by atoms with Crippen LogP contribution in [0.1, 0.15) is 138 Å². The van der Waals surface area contributed by atoms with E-state index in [1.807, 2.05) is 0 Å². The molecule has 0 amide bonds. The standard InChI is InChI=1S/C31H56O5/c1-9-10-11-12-13-14-15-16-17-18-19-20-21-22-26(27(32)23(2)3)31(30(35)36-8,28(33)24(4)5)29(34)25(6)7/h23-26H,9-22H2,1-8H3. The number of ether oxygens (including phenoxy) is 1. The maximum Gasteiger partial charge on any atom is 0.327 e. The summed E-state index contributed by atoms with van der Waals surface area (Å²) in [6, 6.07) is 0. The van der Waals surface area contributed by atoms with Crippen molar-refractivity contribution in [3.05, 3.63) is 0 Å². The molecule has 0 saturated heterocycles. The van der Waals surface area contributed by atoms with Crippen LogP contribution < -0.4 is 0 Å². The van der Waals surface area contributed by atoms with E-state index in [9.17, 15) is 19.2 Å². The first-order valence-corrected chi connectivity index (χ1v) is 14.7. The maximum absolute atomic E-state index is 13.5. The molecule has 0 spiro atoms. The predicted molar refractivity (Wildman–Crippen MR) is 148 cm³/mol. The number of Topliss-reactive ketones (excluding diaryl/α,β-unsaturated/α-hetero) is 3. The average Bonchev–Trinajstić information content (AvgIpc) is 2.84. The predicted octanol–water partition coefficient (Wildman–Crippen LogP) is 7.92. The minimum absolute atomic E-state index is 0.206. The average molecular weight is 509 g/mol. The Kier molecular flexibility index (Phi) is 17.9. The van der Waals surface area contributed by atoms with Crippen molar-refractivity contribution in [3.63, 3.8) is 0 Å². The van der Waals surface area contributed by atoms with Gasteiger partial charge in [-0.2, -0.15) is 0 Å². The van der Waals surface area contributed by atoms with Crippen molar-refractivity contribution in [2.45, 2.75) is 138 Å². The molecule has 0 aromatic rings. The van der Waals surface area contributed by atoms with Gasteiger partial charge in [-0.05, 0) is 6.42 Å². The molecule has 0 aliphatic carbocycles. The summed E-state index contributed by atoms with van der Waals surface area (Å²) in [5.74, 6) is -4.59. The summed E-state index contributed by atoms with van der Waals surface area (Å²) < 4.78 is 5.06. The zero-order valence-electron chi connectivity index (χ0n) is 24.8. The number of rotatable bonds is 22.